The van der Waals surface area contributed by atoms with E-state index in [0.29, 0.717) is 12.3 Å². The zero-order valence-corrected chi connectivity index (χ0v) is 11.1. The van der Waals surface area contributed by atoms with E-state index in [1.165, 1.54) is 5.56 Å². The SMILES string of the molecule is Cc1ccc(NCc2ccc(CO)o2)cc1Br. The van der Waals surface area contributed by atoms with Gasteiger partial charge in [0.05, 0.1) is 6.54 Å². The summed E-state index contributed by atoms with van der Waals surface area (Å²) in [6.45, 7) is 2.60. The van der Waals surface area contributed by atoms with Crippen molar-refractivity contribution in [2.75, 3.05) is 5.32 Å². The third kappa shape index (κ3) is 3.11. The minimum Gasteiger partial charge on any atom is -0.462 e. The lowest BCUT2D eigenvalue weighted by atomic mass is 10.2. The van der Waals surface area contributed by atoms with Crippen LogP contribution in [-0.4, -0.2) is 5.11 Å². The molecule has 0 saturated heterocycles. The van der Waals surface area contributed by atoms with E-state index in [1.807, 2.05) is 31.2 Å². The van der Waals surface area contributed by atoms with Crippen molar-refractivity contribution in [3.8, 4) is 0 Å². The van der Waals surface area contributed by atoms with E-state index in [-0.39, 0.29) is 6.61 Å². The molecule has 0 aliphatic rings. The van der Waals surface area contributed by atoms with E-state index in [0.717, 1.165) is 15.9 Å². The number of aliphatic hydroxyl groups is 1. The number of aryl methyl sites for hydroxylation is 1. The number of anilines is 1. The minimum absolute atomic E-state index is 0.0594. The Bertz CT molecular complexity index is 508. The van der Waals surface area contributed by atoms with Crippen LogP contribution in [0, 0.1) is 6.92 Å². The molecule has 0 amide bonds. The van der Waals surface area contributed by atoms with Crippen LogP contribution in [-0.2, 0) is 13.2 Å². The number of hydrogen-bond acceptors (Lipinski definition) is 3. The Kier molecular flexibility index (Phi) is 3.86. The zero-order valence-electron chi connectivity index (χ0n) is 9.53. The Hall–Kier alpha value is -1.26. The first-order valence-corrected chi connectivity index (χ1v) is 6.17. The van der Waals surface area contributed by atoms with Gasteiger partial charge in [0.2, 0.25) is 0 Å². The van der Waals surface area contributed by atoms with E-state index >= 15 is 0 Å². The number of benzene rings is 1. The molecule has 90 valence electrons. The van der Waals surface area contributed by atoms with Gasteiger partial charge in [-0.25, -0.2) is 0 Å². The molecule has 1 aromatic carbocycles. The molecule has 4 heteroatoms. The first-order valence-electron chi connectivity index (χ1n) is 5.37. The van der Waals surface area contributed by atoms with Gasteiger partial charge in [0.15, 0.2) is 0 Å². The Balaban J connectivity index is 1.99. The van der Waals surface area contributed by atoms with Gasteiger partial charge < -0.3 is 14.8 Å². The summed E-state index contributed by atoms with van der Waals surface area (Å²) in [5.41, 5.74) is 2.24. The van der Waals surface area contributed by atoms with Crippen molar-refractivity contribution < 1.29 is 9.52 Å². The Morgan fingerprint density at radius 3 is 2.65 bits per heavy atom. The highest BCUT2D eigenvalue weighted by Gasteiger charge is 2.01. The maximum Gasteiger partial charge on any atom is 0.129 e. The Labute approximate surface area is 109 Å². The number of aliphatic hydroxyl groups excluding tert-OH is 1. The molecular weight excluding hydrogens is 282 g/mol. The van der Waals surface area contributed by atoms with Gasteiger partial charge in [-0.15, -0.1) is 0 Å². The second-order valence-corrected chi connectivity index (χ2v) is 4.70. The molecule has 2 N–H and O–H groups in total. The van der Waals surface area contributed by atoms with E-state index in [9.17, 15) is 0 Å². The summed E-state index contributed by atoms with van der Waals surface area (Å²) in [5.74, 6) is 1.40. The van der Waals surface area contributed by atoms with Crippen molar-refractivity contribution in [2.24, 2.45) is 0 Å². The van der Waals surface area contributed by atoms with Crippen LogP contribution < -0.4 is 5.32 Å². The van der Waals surface area contributed by atoms with E-state index in [4.69, 9.17) is 9.52 Å². The van der Waals surface area contributed by atoms with Crippen LogP contribution in [0.2, 0.25) is 0 Å². The van der Waals surface area contributed by atoms with E-state index in [2.05, 4.69) is 21.2 Å². The van der Waals surface area contributed by atoms with Crippen molar-refractivity contribution >= 4 is 21.6 Å². The monoisotopic (exact) mass is 295 g/mol. The van der Waals surface area contributed by atoms with Crippen molar-refractivity contribution in [3.63, 3.8) is 0 Å². The summed E-state index contributed by atoms with van der Waals surface area (Å²) in [7, 11) is 0. The van der Waals surface area contributed by atoms with Gasteiger partial charge in [0.25, 0.3) is 0 Å². The van der Waals surface area contributed by atoms with Gasteiger partial charge in [-0.2, -0.15) is 0 Å². The lowest BCUT2D eigenvalue weighted by Crippen LogP contribution is -1.98. The molecule has 0 fully saturated rings. The molecule has 0 aliphatic heterocycles. The molecule has 3 nitrogen and oxygen atoms in total. The maximum atomic E-state index is 8.88. The smallest absolute Gasteiger partial charge is 0.129 e. The van der Waals surface area contributed by atoms with Crippen LogP contribution in [0.25, 0.3) is 0 Å². The second-order valence-electron chi connectivity index (χ2n) is 3.84. The molecule has 0 atom stereocenters. The fraction of sp³-hybridized carbons (Fsp3) is 0.231. The standard InChI is InChI=1S/C13H14BrNO2/c1-9-2-3-10(6-13(9)14)15-7-11-4-5-12(8-16)17-11/h2-6,15-16H,7-8H2,1H3. The summed E-state index contributed by atoms with van der Waals surface area (Å²) in [4.78, 5) is 0. The lowest BCUT2D eigenvalue weighted by Gasteiger charge is -2.06. The summed E-state index contributed by atoms with van der Waals surface area (Å²) >= 11 is 3.49. The lowest BCUT2D eigenvalue weighted by molar-refractivity contribution is 0.244. The highest BCUT2D eigenvalue weighted by Crippen LogP contribution is 2.21. The first-order chi connectivity index (χ1) is 8.19. The first kappa shape index (κ1) is 12.2. The third-order valence-corrected chi connectivity index (χ3v) is 3.37. The molecule has 1 aromatic heterocycles. The second kappa shape index (κ2) is 5.38. The molecule has 17 heavy (non-hydrogen) atoms. The quantitative estimate of drug-likeness (QED) is 0.908. The normalized spacial score (nSPS) is 10.5. The highest BCUT2D eigenvalue weighted by atomic mass is 79.9. The van der Waals surface area contributed by atoms with Crippen LogP contribution in [0.15, 0.2) is 39.2 Å². The summed E-state index contributed by atoms with van der Waals surface area (Å²) < 4.78 is 6.47. The van der Waals surface area contributed by atoms with Gasteiger partial charge >= 0.3 is 0 Å². The van der Waals surface area contributed by atoms with Crippen LogP contribution in [0.1, 0.15) is 17.1 Å². The van der Waals surface area contributed by atoms with Gasteiger partial charge in [0.1, 0.15) is 18.1 Å². The van der Waals surface area contributed by atoms with Crippen molar-refractivity contribution in [1.29, 1.82) is 0 Å². The summed E-state index contributed by atoms with van der Waals surface area (Å²) in [6.07, 6.45) is 0. The number of halogens is 1. The van der Waals surface area contributed by atoms with Gasteiger partial charge in [0, 0.05) is 10.2 Å². The molecule has 2 aromatic rings. The molecule has 0 unspecified atom stereocenters. The third-order valence-electron chi connectivity index (χ3n) is 2.51. The topological polar surface area (TPSA) is 45.4 Å². The number of hydrogen-bond donors (Lipinski definition) is 2. The van der Waals surface area contributed by atoms with Crippen molar-refractivity contribution in [2.45, 2.75) is 20.1 Å². The van der Waals surface area contributed by atoms with Gasteiger partial charge in [-0.05, 0) is 36.8 Å². The average molecular weight is 296 g/mol. The number of nitrogens with one attached hydrogen (secondary N) is 1. The van der Waals surface area contributed by atoms with Crippen LogP contribution in [0.4, 0.5) is 5.69 Å². The van der Waals surface area contributed by atoms with E-state index in [1.54, 1.807) is 6.07 Å². The predicted octanol–water partition coefficient (Wildman–Crippen LogP) is 3.45. The van der Waals surface area contributed by atoms with Crippen molar-refractivity contribution in [1.82, 2.24) is 0 Å². The zero-order chi connectivity index (χ0) is 12.3. The summed E-state index contributed by atoms with van der Waals surface area (Å²) in [6, 6.07) is 9.75. The molecule has 0 bridgehead atoms. The molecule has 2 rings (SSSR count). The molecule has 1 heterocycles. The maximum absolute atomic E-state index is 8.88. The molecule has 0 saturated carbocycles. The van der Waals surface area contributed by atoms with Gasteiger partial charge in [-0.1, -0.05) is 22.0 Å². The Morgan fingerprint density at radius 1 is 1.24 bits per heavy atom. The number of rotatable bonds is 4. The number of furan rings is 1. The Morgan fingerprint density at radius 2 is 2.00 bits per heavy atom. The van der Waals surface area contributed by atoms with E-state index < -0.39 is 0 Å². The summed E-state index contributed by atoms with van der Waals surface area (Å²) in [5, 5.41) is 12.1. The van der Waals surface area contributed by atoms with Gasteiger partial charge in [-0.3, -0.25) is 0 Å². The molecule has 0 spiro atoms. The molecule has 0 aliphatic carbocycles. The fourth-order valence-electron chi connectivity index (χ4n) is 1.49. The van der Waals surface area contributed by atoms with Crippen LogP contribution in [0.5, 0.6) is 0 Å². The average Bonchev–Trinajstić information content (AvgIpc) is 2.79. The predicted molar refractivity (Wildman–Crippen MR) is 70.8 cm³/mol. The highest BCUT2D eigenvalue weighted by molar-refractivity contribution is 9.10. The fourth-order valence-corrected chi connectivity index (χ4v) is 1.87. The largest absolute Gasteiger partial charge is 0.462 e. The van der Waals surface area contributed by atoms with Crippen LogP contribution >= 0.6 is 15.9 Å². The van der Waals surface area contributed by atoms with Crippen LogP contribution in [0.3, 0.4) is 0 Å². The van der Waals surface area contributed by atoms with Crippen molar-refractivity contribution in [3.05, 3.63) is 51.9 Å². The molecule has 0 radical (unpaired) electrons. The molecular formula is C13H14BrNO2. The minimum atomic E-state index is -0.0594.